The van der Waals surface area contributed by atoms with Gasteiger partial charge in [0, 0.05) is 11.1 Å². The number of piperidine rings is 1. The molecular weight excluding hydrogens is 326 g/mol. The maximum Gasteiger partial charge on any atom is 0.277 e. The number of nitrogens with one attached hydrogen (secondary N) is 2. The van der Waals surface area contributed by atoms with E-state index in [0.29, 0.717) is 11.7 Å². The predicted molar refractivity (Wildman–Crippen MR) is 100 cm³/mol. The predicted octanol–water partition coefficient (Wildman–Crippen LogP) is 2.71. The first-order chi connectivity index (χ1) is 12.8. The Morgan fingerprint density at radius 2 is 1.92 bits per heavy atom. The Morgan fingerprint density at radius 1 is 1.12 bits per heavy atom. The zero-order chi connectivity index (χ0) is 17.5. The molecule has 2 heterocycles. The van der Waals surface area contributed by atoms with Crippen molar-refractivity contribution in [3.8, 4) is 0 Å². The Morgan fingerprint density at radius 3 is 2.77 bits per heavy atom. The van der Waals surface area contributed by atoms with Crippen LogP contribution in [0.2, 0.25) is 0 Å². The summed E-state index contributed by atoms with van der Waals surface area (Å²) in [7, 11) is 0. The number of rotatable bonds is 3. The molecule has 2 aromatic carbocycles. The van der Waals surface area contributed by atoms with Crippen LogP contribution < -0.4 is 10.6 Å². The van der Waals surface area contributed by atoms with Crippen LogP contribution in [0.3, 0.4) is 0 Å². The van der Waals surface area contributed by atoms with Gasteiger partial charge < -0.3 is 10.6 Å². The van der Waals surface area contributed by atoms with Crippen molar-refractivity contribution in [2.75, 3.05) is 18.4 Å². The molecule has 1 fully saturated rings. The van der Waals surface area contributed by atoms with Crippen molar-refractivity contribution in [1.29, 1.82) is 0 Å². The first-order valence-corrected chi connectivity index (χ1v) is 9.27. The van der Waals surface area contributed by atoms with Gasteiger partial charge in [-0.15, -0.1) is 5.10 Å². The number of aromatic nitrogens is 3. The van der Waals surface area contributed by atoms with Gasteiger partial charge in [0.1, 0.15) is 0 Å². The standard InChI is InChI=1S/C20H21N5O/c26-20(18-12-25(24-23-18)15-8-10-21-11-9-15)22-17-7-6-14-5-4-13-2-1-3-16(17)19(13)14/h1-3,6-7,12,15,21H,4-5,8-11H2,(H,22,26). The van der Waals surface area contributed by atoms with E-state index in [-0.39, 0.29) is 5.91 Å². The zero-order valence-electron chi connectivity index (χ0n) is 14.5. The fourth-order valence-electron chi connectivity index (χ4n) is 4.17. The number of amides is 1. The Labute approximate surface area is 151 Å². The van der Waals surface area contributed by atoms with Crippen molar-refractivity contribution in [3.63, 3.8) is 0 Å². The molecule has 1 aliphatic carbocycles. The van der Waals surface area contributed by atoms with Gasteiger partial charge in [-0.3, -0.25) is 4.79 Å². The van der Waals surface area contributed by atoms with Crippen LogP contribution in [0.4, 0.5) is 5.69 Å². The van der Waals surface area contributed by atoms with Crippen LogP contribution in [0.5, 0.6) is 0 Å². The second-order valence-electron chi connectivity index (χ2n) is 7.13. The average Bonchev–Trinajstić information content (AvgIpc) is 3.33. The van der Waals surface area contributed by atoms with Gasteiger partial charge in [0.05, 0.1) is 12.2 Å². The molecule has 5 rings (SSSR count). The van der Waals surface area contributed by atoms with Gasteiger partial charge in [-0.1, -0.05) is 29.5 Å². The minimum Gasteiger partial charge on any atom is -0.320 e. The third-order valence-electron chi connectivity index (χ3n) is 5.55. The van der Waals surface area contributed by atoms with Crippen LogP contribution in [0.25, 0.3) is 10.8 Å². The zero-order valence-corrected chi connectivity index (χ0v) is 14.5. The summed E-state index contributed by atoms with van der Waals surface area (Å²) in [5.74, 6) is -0.205. The van der Waals surface area contributed by atoms with Gasteiger partial charge >= 0.3 is 0 Å². The number of carbonyl (C=O) groups is 1. The molecule has 0 atom stereocenters. The van der Waals surface area contributed by atoms with Gasteiger partial charge in [0.2, 0.25) is 0 Å². The summed E-state index contributed by atoms with van der Waals surface area (Å²) >= 11 is 0. The summed E-state index contributed by atoms with van der Waals surface area (Å²) in [6, 6.07) is 10.8. The van der Waals surface area contributed by atoms with Crippen LogP contribution in [-0.2, 0) is 12.8 Å². The smallest absolute Gasteiger partial charge is 0.277 e. The minimum absolute atomic E-state index is 0.205. The number of benzene rings is 2. The molecule has 1 amide bonds. The summed E-state index contributed by atoms with van der Waals surface area (Å²) in [6.07, 6.45) is 5.95. The van der Waals surface area contributed by atoms with Gasteiger partial charge in [0.25, 0.3) is 5.91 Å². The summed E-state index contributed by atoms with van der Waals surface area (Å²) in [5.41, 5.74) is 3.94. The van der Waals surface area contributed by atoms with E-state index in [4.69, 9.17) is 0 Å². The second kappa shape index (κ2) is 6.21. The van der Waals surface area contributed by atoms with E-state index in [1.807, 2.05) is 10.7 Å². The van der Waals surface area contributed by atoms with Crippen molar-refractivity contribution in [2.24, 2.45) is 0 Å². The highest BCUT2D eigenvalue weighted by Crippen LogP contribution is 2.35. The number of nitrogens with zero attached hydrogens (tertiary/aromatic N) is 3. The van der Waals surface area contributed by atoms with Crippen molar-refractivity contribution in [1.82, 2.24) is 20.3 Å². The fourth-order valence-corrected chi connectivity index (χ4v) is 4.17. The minimum atomic E-state index is -0.205. The highest BCUT2D eigenvalue weighted by Gasteiger charge is 2.20. The number of carbonyl (C=O) groups excluding carboxylic acids is 1. The lowest BCUT2D eigenvalue weighted by Crippen LogP contribution is -2.29. The van der Waals surface area contributed by atoms with E-state index in [0.717, 1.165) is 49.8 Å². The molecule has 3 aromatic rings. The second-order valence-corrected chi connectivity index (χ2v) is 7.13. The third-order valence-corrected chi connectivity index (χ3v) is 5.55. The molecule has 0 saturated carbocycles. The summed E-state index contributed by atoms with van der Waals surface area (Å²) in [4.78, 5) is 12.7. The quantitative estimate of drug-likeness (QED) is 0.764. The number of anilines is 1. The van der Waals surface area contributed by atoms with Crippen molar-refractivity contribution < 1.29 is 4.79 Å². The van der Waals surface area contributed by atoms with E-state index in [9.17, 15) is 4.79 Å². The molecule has 0 bridgehead atoms. The molecular formula is C20H21N5O. The van der Waals surface area contributed by atoms with Gasteiger partial charge in [-0.2, -0.15) is 0 Å². The Hall–Kier alpha value is -2.73. The largest absolute Gasteiger partial charge is 0.320 e. The summed E-state index contributed by atoms with van der Waals surface area (Å²) in [5, 5.41) is 17.0. The van der Waals surface area contributed by atoms with Crippen LogP contribution in [0.15, 0.2) is 36.5 Å². The van der Waals surface area contributed by atoms with E-state index in [1.165, 1.54) is 16.5 Å². The van der Waals surface area contributed by atoms with E-state index in [1.54, 1.807) is 6.20 Å². The monoisotopic (exact) mass is 347 g/mol. The molecule has 1 aromatic heterocycles. The first kappa shape index (κ1) is 15.5. The van der Waals surface area contributed by atoms with Gasteiger partial charge in [0.15, 0.2) is 5.69 Å². The molecule has 6 heteroatoms. The average molecular weight is 347 g/mol. The SMILES string of the molecule is O=C(Nc1ccc2c3c(cccc13)CC2)c1cn(C2CCNCC2)nn1. The van der Waals surface area contributed by atoms with Crippen LogP contribution in [-0.4, -0.2) is 34.0 Å². The number of hydrogen-bond donors (Lipinski definition) is 2. The highest BCUT2D eigenvalue weighted by molar-refractivity contribution is 6.09. The van der Waals surface area contributed by atoms with Crippen LogP contribution in [0.1, 0.15) is 40.5 Å². The van der Waals surface area contributed by atoms with Gasteiger partial charge in [-0.25, -0.2) is 4.68 Å². The van der Waals surface area contributed by atoms with Crippen LogP contribution in [0, 0.1) is 0 Å². The molecule has 26 heavy (non-hydrogen) atoms. The maximum atomic E-state index is 12.7. The van der Waals surface area contributed by atoms with E-state index in [2.05, 4.69) is 45.2 Å². The molecule has 2 aliphatic rings. The number of hydrogen-bond acceptors (Lipinski definition) is 4. The molecule has 0 radical (unpaired) electrons. The normalized spacial score (nSPS) is 16.9. The van der Waals surface area contributed by atoms with Gasteiger partial charge in [-0.05, 0) is 61.4 Å². The Kier molecular flexibility index (Phi) is 3.71. The van der Waals surface area contributed by atoms with Crippen molar-refractivity contribution >= 4 is 22.4 Å². The number of aryl methyl sites for hydroxylation is 2. The molecule has 2 N–H and O–H groups in total. The van der Waals surface area contributed by atoms with E-state index >= 15 is 0 Å². The van der Waals surface area contributed by atoms with Crippen molar-refractivity contribution in [2.45, 2.75) is 31.7 Å². The Bertz CT molecular complexity index is 977. The van der Waals surface area contributed by atoms with E-state index < -0.39 is 0 Å². The lowest BCUT2D eigenvalue weighted by Gasteiger charge is -2.22. The maximum absolute atomic E-state index is 12.7. The lowest BCUT2D eigenvalue weighted by molar-refractivity contribution is 0.102. The van der Waals surface area contributed by atoms with Crippen molar-refractivity contribution in [3.05, 3.63) is 53.3 Å². The molecule has 0 spiro atoms. The summed E-state index contributed by atoms with van der Waals surface area (Å²) in [6.45, 7) is 1.96. The molecule has 0 unspecified atom stereocenters. The molecule has 1 aliphatic heterocycles. The van der Waals surface area contributed by atoms with Crippen LogP contribution >= 0.6 is 0 Å². The Balaban J connectivity index is 1.41. The fraction of sp³-hybridized carbons (Fsp3) is 0.350. The summed E-state index contributed by atoms with van der Waals surface area (Å²) < 4.78 is 1.84. The highest BCUT2D eigenvalue weighted by atomic mass is 16.2. The topological polar surface area (TPSA) is 71.8 Å². The first-order valence-electron chi connectivity index (χ1n) is 9.27. The lowest BCUT2D eigenvalue weighted by atomic mass is 10.0. The molecule has 6 nitrogen and oxygen atoms in total. The third kappa shape index (κ3) is 2.57. The molecule has 132 valence electrons. The molecule has 1 saturated heterocycles.